The highest BCUT2D eigenvalue weighted by atomic mass is 16.4. The summed E-state index contributed by atoms with van der Waals surface area (Å²) in [6.45, 7) is 6.34. The van der Waals surface area contributed by atoms with Crippen molar-refractivity contribution < 1.29 is 9.90 Å². The van der Waals surface area contributed by atoms with E-state index in [4.69, 9.17) is 5.11 Å². The molecule has 0 aromatic carbocycles. The number of rotatable bonds is 2. The Morgan fingerprint density at radius 2 is 2.00 bits per heavy atom. The van der Waals surface area contributed by atoms with E-state index in [0.717, 1.165) is 5.56 Å². The summed E-state index contributed by atoms with van der Waals surface area (Å²) in [4.78, 5) is 18.8. The topological polar surface area (TPSA) is 68.0 Å². The SMILES string of the molecule is CC(C)(C)c1ccc(-n2cnc(C(=O)O)c2)nc1. The summed E-state index contributed by atoms with van der Waals surface area (Å²) >= 11 is 0. The van der Waals surface area contributed by atoms with Gasteiger partial charge in [-0.15, -0.1) is 0 Å². The largest absolute Gasteiger partial charge is 0.476 e. The molecule has 0 fully saturated rings. The number of carboxylic acids is 1. The maximum atomic E-state index is 10.7. The fourth-order valence-corrected chi connectivity index (χ4v) is 1.54. The van der Waals surface area contributed by atoms with Gasteiger partial charge in [-0.1, -0.05) is 26.8 Å². The molecule has 1 N–H and O–H groups in total. The Kier molecular flexibility index (Phi) is 2.90. The van der Waals surface area contributed by atoms with Crippen LogP contribution in [0.4, 0.5) is 0 Å². The molecule has 5 nitrogen and oxygen atoms in total. The van der Waals surface area contributed by atoms with Gasteiger partial charge in [0, 0.05) is 12.4 Å². The van der Waals surface area contributed by atoms with Crippen molar-refractivity contribution in [2.45, 2.75) is 26.2 Å². The molecule has 0 aliphatic heterocycles. The molecule has 0 spiro atoms. The van der Waals surface area contributed by atoms with Gasteiger partial charge in [0.2, 0.25) is 0 Å². The van der Waals surface area contributed by atoms with E-state index in [-0.39, 0.29) is 11.1 Å². The Hall–Kier alpha value is -2.17. The van der Waals surface area contributed by atoms with Gasteiger partial charge in [0.05, 0.1) is 0 Å². The highest BCUT2D eigenvalue weighted by molar-refractivity contribution is 5.85. The van der Waals surface area contributed by atoms with Crippen LogP contribution in [0.3, 0.4) is 0 Å². The number of pyridine rings is 1. The predicted octanol–water partition coefficient (Wildman–Crippen LogP) is 2.26. The zero-order valence-electron chi connectivity index (χ0n) is 10.6. The van der Waals surface area contributed by atoms with Gasteiger partial charge in [-0.05, 0) is 17.0 Å². The predicted molar refractivity (Wildman–Crippen MR) is 67.0 cm³/mol. The maximum Gasteiger partial charge on any atom is 0.356 e. The summed E-state index contributed by atoms with van der Waals surface area (Å²) in [7, 11) is 0. The van der Waals surface area contributed by atoms with Crippen molar-refractivity contribution in [3.05, 3.63) is 42.1 Å². The normalized spacial score (nSPS) is 11.5. The van der Waals surface area contributed by atoms with Crippen LogP contribution in [0.5, 0.6) is 0 Å². The monoisotopic (exact) mass is 245 g/mol. The number of hydrogen-bond donors (Lipinski definition) is 1. The van der Waals surface area contributed by atoms with Gasteiger partial charge in [0.25, 0.3) is 0 Å². The molecule has 0 atom stereocenters. The van der Waals surface area contributed by atoms with Gasteiger partial charge in [0.1, 0.15) is 12.1 Å². The molecule has 94 valence electrons. The average Bonchev–Trinajstić information content (AvgIpc) is 2.77. The standard InChI is InChI=1S/C13H15N3O2/c1-13(2,3)9-4-5-11(14-6-9)16-7-10(12(17)18)15-8-16/h4-8H,1-3H3,(H,17,18). The van der Waals surface area contributed by atoms with Crippen LogP contribution in [-0.2, 0) is 5.41 Å². The third-order valence-corrected chi connectivity index (χ3v) is 2.68. The number of hydrogen-bond acceptors (Lipinski definition) is 3. The zero-order chi connectivity index (χ0) is 13.3. The molecule has 0 saturated carbocycles. The van der Waals surface area contributed by atoms with Crippen molar-refractivity contribution >= 4 is 5.97 Å². The zero-order valence-corrected chi connectivity index (χ0v) is 10.6. The lowest BCUT2D eigenvalue weighted by Crippen LogP contribution is -2.11. The van der Waals surface area contributed by atoms with Gasteiger partial charge in [-0.25, -0.2) is 14.8 Å². The second-order valence-electron chi connectivity index (χ2n) is 5.13. The van der Waals surface area contributed by atoms with Crippen molar-refractivity contribution in [3.63, 3.8) is 0 Å². The highest BCUT2D eigenvalue weighted by Crippen LogP contribution is 2.21. The minimum atomic E-state index is -1.04. The van der Waals surface area contributed by atoms with Crippen molar-refractivity contribution in [2.75, 3.05) is 0 Å². The molecular formula is C13H15N3O2. The number of nitrogens with zero attached hydrogens (tertiary/aromatic N) is 3. The number of carbonyl (C=O) groups is 1. The molecule has 2 heterocycles. The smallest absolute Gasteiger partial charge is 0.356 e. The lowest BCUT2D eigenvalue weighted by molar-refractivity contribution is 0.0691. The first-order valence-corrected chi connectivity index (χ1v) is 5.62. The molecule has 0 saturated heterocycles. The molecular weight excluding hydrogens is 230 g/mol. The molecule has 0 aliphatic rings. The van der Waals surface area contributed by atoms with Crippen LogP contribution < -0.4 is 0 Å². The summed E-state index contributed by atoms with van der Waals surface area (Å²) in [6, 6.07) is 3.84. The third-order valence-electron chi connectivity index (χ3n) is 2.68. The second kappa shape index (κ2) is 4.25. The van der Waals surface area contributed by atoms with Crippen molar-refractivity contribution in [1.29, 1.82) is 0 Å². The highest BCUT2D eigenvalue weighted by Gasteiger charge is 2.14. The van der Waals surface area contributed by atoms with Crippen LogP contribution in [-0.4, -0.2) is 25.6 Å². The van der Waals surface area contributed by atoms with Gasteiger partial charge < -0.3 is 5.11 Å². The molecule has 2 rings (SSSR count). The van der Waals surface area contributed by atoms with Gasteiger partial charge in [-0.2, -0.15) is 0 Å². The lowest BCUT2D eigenvalue weighted by Gasteiger charge is -2.18. The fourth-order valence-electron chi connectivity index (χ4n) is 1.54. The first kappa shape index (κ1) is 12.3. The Labute approximate surface area is 105 Å². The van der Waals surface area contributed by atoms with Gasteiger partial charge >= 0.3 is 5.97 Å². The first-order valence-electron chi connectivity index (χ1n) is 5.62. The minimum Gasteiger partial charge on any atom is -0.476 e. The molecule has 18 heavy (non-hydrogen) atoms. The molecule has 2 aromatic rings. The molecule has 0 amide bonds. The van der Waals surface area contributed by atoms with Crippen LogP contribution >= 0.6 is 0 Å². The van der Waals surface area contributed by atoms with E-state index in [0.29, 0.717) is 5.82 Å². The van der Waals surface area contributed by atoms with E-state index in [9.17, 15) is 4.79 Å². The van der Waals surface area contributed by atoms with Crippen LogP contribution in [0.2, 0.25) is 0 Å². The van der Waals surface area contributed by atoms with Crippen LogP contribution in [0, 0.1) is 0 Å². The Balaban J connectivity index is 2.31. The minimum absolute atomic E-state index is 0.0108. The number of imidazole rings is 1. The second-order valence-corrected chi connectivity index (χ2v) is 5.13. The summed E-state index contributed by atoms with van der Waals surface area (Å²) in [5.41, 5.74) is 1.19. The summed E-state index contributed by atoms with van der Waals surface area (Å²) in [6.07, 6.45) is 4.69. The number of aromatic carboxylic acids is 1. The number of carboxylic acid groups (broad SMARTS) is 1. The van der Waals surface area contributed by atoms with Gasteiger partial charge in [-0.3, -0.25) is 4.57 Å². The Morgan fingerprint density at radius 3 is 2.44 bits per heavy atom. The molecule has 0 aliphatic carbocycles. The van der Waals surface area contributed by atoms with Crippen LogP contribution in [0.15, 0.2) is 30.9 Å². The van der Waals surface area contributed by atoms with Crippen molar-refractivity contribution in [2.24, 2.45) is 0 Å². The Morgan fingerprint density at radius 1 is 1.28 bits per heavy atom. The maximum absolute atomic E-state index is 10.7. The van der Waals surface area contributed by atoms with Gasteiger partial charge in [0.15, 0.2) is 5.69 Å². The Bertz CT molecular complexity index is 565. The number of aromatic nitrogens is 3. The summed E-state index contributed by atoms with van der Waals surface area (Å²) in [5.74, 6) is -0.386. The van der Waals surface area contributed by atoms with Crippen LogP contribution in [0.1, 0.15) is 36.8 Å². The molecule has 0 radical (unpaired) electrons. The van der Waals surface area contributed by atoms with E-state index in [1.165, 1.54) is 12.5 Å². The quantitative estimate of drug-likeness (QED) is 0.881. The molecule has 5 heteroatoms. The van der Waals surface area contributed by atoms with Crippen molar-refractivity contribution in [3.8, 4) is 5.82 Å². The van der Waals surface area contributed by atoms with E-state index < -0.39 is 5.97 Å². The fraction of sp³-hybridized carbons (Fsp3) is 0.308. The summed E-state index contributed by atoms with van der Waals surface area (Å²) in [5, 5.41) is 8.80. The van der Waals surface area contributed by atoms with E-state index in [1.54, 1.807) is 10.8 Å². The first-order chi connectivity index (χ1) is 8.38. The van der Waals surface area contributed by atoms with Crippen molar-refractivity contribution in [1.82, 2.24) is 14.5 Å². The molecule has 0 unspecified atom stereocenters. The van der Waals surface area contributed by atoms with E-state index in [2.05, 4.69) is 30.7 Å². The van der Waals surface area contributed by atoms with E-state index in [1.807, 2.05) is 12.1 Å². The summed E-state index contributed by atoms with van der Waals surface area (Å²) < 4.78 is 1.59. The molecule has 2 aromatic heterocycles. The van der Waals surface area contributed by atoms with E-state index >= 15 is 0 Å². The van der Waals surface area contributed by atoms with Crippen LogP contribution in [0.25, 0.3) is 5.82 Å². The third kappa shape index (κ3) is 2.40. The average molecular weight is 245 g/mol. The molecule has 0 bridgehead atoms. The lowest BCUT2D eigenvalue weighted by atomic mass is 9.88.